The zero-order valence-electron chi connectivity index (χ0n) is 10.8. The van der Waals surface area contributed by atoms with Gasteiger partial charge in [-0.05, 0) is 0 Å². The molecule has 1 saturated heterocycles. The average Bonchev–Trinajstić information content (AvgIpc) is 3.17. The van der Waals surface area contributed by atoms with Crippen LogP contribution in [0.25, 0.3) is 16.8 Å². The highest BCUT2D eigenvalue weighted by Crippen LogP contribution is 2.31. The molecular formula is C12H13N5O4. The molecule has 0 aliphatic carbocycles. The van der Waals surface area contributed by atoms with Gasteiger partial charge in [0.2, 0.25) is 0 Å². The maximum atomic E-state index is 10.1. The third-order valence-electron chi connectivity index (χ3n) is 3.74. The number of ether oxygens (including phenoxy) is 1. The van der Waals surface area contributed by atoms with Crippen molar-refractivity contribution in [3.8, 4) is 0 Å². The summed E-state index contributed by atoms with van der Waals surface area (Å²) in [6.45, 7) is -0.376. The molecule has 4 heterocycles. The first-order chi connectivity index (χ1) is 10.2. The minimum atomic E-state index is -1.17. The summed E-state index contributed by atoms with van der Waals surface area (Å²) in [7, 11) is 0. The second-order valence-corrected chi connectivity index (χ2v) is 4.96. The zero-order valence-corrected chi connectivity index (χ0v) is 10.8. The summed E-state index contributed by atoms with van der Waals surface area (Å²) in [6.07, 6.45) is 2.45. The molecule has 9 nitrogen and oxygen atoms in total. The Kier molecular flexibility index (Phi) is 2.69. The van der Waals surface area contributed by atoms with Crippen LogP contribution in [0.15, 0.2) is 25.0 Å². The van der Waals surface area contributed by atoms with E-state index in [1.807, 2.05) is 0 Å². The van der Waals surface area contributed by atoms with Gasteiger partial charge in [0, 0.05) is 12.4 Å². The molecule has 21 heavy (non-hydrogen) atoms. The molecule has 4 rings (SSSR count). The number of nitrogens with zero attached hydrogens (tertiary/aromatic N) is 5. The van der Waals surface area contributed by atoms with Crippen molar-refractivity contribution in [2.45, 2.75) is 24.5 Å². The number of aliphatic hydroxyl groups is 3. The van der Waals surface area contributed by atoms with Gasteiger partial charge < -0.3 is 20.1 Å². The third kappa shape index (κ3) is 1.69. The maximum Gasteiger partial charge on any atom is 0.167 e. The fourth-order valence-corrected chi connectivity index (χ4v) is 2.64. The molecule has 3 aromatic heterocycles. The standard InChI is InChI=1S/C12H13N5O4/c18-3-6-8(19)9(20)12(21-6)17-5-14-7-10-13-1-2-16(10)4-15-11(7)17/h1-2,4-6,8-9,12,18-20H,3H2/t6-,8+,9-,12-/m1/s1. The normalized spacial score (nSPS) is 29.7. The third-order valence-corrected chi connectivity index (χ3v) is 3.74. The first-order valence-electron chi connectivity index (χ1n) is 6.47. The SMILES string of the molecule is OC[C@H]1O[C@@H](n2cnc3c2ncn2ccnc32)[C@H](O)[C@H]1O. The van der Waals surface area contributed by atoms with Gasteiger partial charge in [-0.3, -0.25) is 8.97 Å². The highest BCUT2D eigenvalue weighted by Gasteiger charge is 2.43. The summed E-state index contributed by atoms with van der Waals surface area (Å²) >= 11 is 0. The lowest BCUT2D eigenvalue weighted by Crippen LogP contribution is -2.33. The molecule has 110 valence electrons. The van der Waals surface area contributed by atoms with E-state index in [-0.39, 0.29) is 6.61 Å². The van der Waals surface area contributed by atoms with E-state index in [1.165, 1.54) is 10.9 Å². The van der Waals surface area contributed by atoms with Crippen LogP contribution in [0.3, 0.4) is 0 Å². The molecule has 3 N–H and O–H groups in total. The smallest absolute Gasteiger partial charge is 0.167 e. The number of imidazole rings is 2. The molecule has 0 saturated carbocycles. The predicted octanol–water partition coefficient (Wildman–Crippen LogP) is -1.31. The summed E-state index contributed by atoms with van der Waals surface area (Å²) in [5.74, 6) is 0. The zero-order chi connectivity index (χ0) is 14.6. The molecule has 0 spiro atoms. The lowest BCUT2D eigenvalue weighted by Gasteiger charge is -2.16. The van der Waals surface area contributed by atoms with Crippen molar-refractivity contribution < 1.29 is 20.1 Å². The Morgan fingerprint density at radius 2 is 1.95 bits per heavy atom. The molecule has 9 heteroatoms. The largest absolute Gasteiger partial charge is 0.394 e. The van der Waals surface area contributed by atoms with Crippen LogP contribution in [0.5, 0.6) is 0 Å². The topological polar surface area (TPSA) is 118 Å². The number of hydrogen-bond donors (Lipinski definition) is 3. The Hall–Kier alpha value is -2.07. The summed E-state index contributed by atoms with van der Waals surface area (Å²) in [5, 5.41) is 29.1. The fraction of sp³-hybridized carbons (Fsp3) is 0.417. The summed E-state index contributed by atoms with van der Waals surface area (Å²) < 4.78 is 8.76. The lowest BCUT2D eigenvalue weighted by atomic mass is 10.1. The van der Waals surface area contributed by atoms with Crippen molar-refractivity contribution in [3.05, 3.63) is 25.0 Å². The summed E-state index contributed by atoms with van der Waals surface area (Å²) in [4.78, 5) is 12.7. The first kappa shape index (κ1) is 12.7. The van der Waals surface area contributed by atoms with Crippen molar-refractivity contribution in [1.29, 1.82) is 0 Å². The molecule has 0 radical (unpaired) electrons. The minimum absolute atomic E-state index is 0.376. The highest BCUT2D eigenvalue weighted by molar-refractivity contribution is 5.85. The van der Waals surface area contributed by atoms with E-state index < -0.39 is 24.5 Å². The molecular weight excluding hydrogens is 278 g/mol. The van der Waals surface area contributed by atoms with Crippen LogP contribution in [-0.4, -0.2) is 64.2 Å². The Morgan fingerprint density at radius 3 is 2.71 bits per heavy atom. The Morgan fingerprint density at radius 1 is 1.10 bits per heavy atom. The molecule has 1 aliphatic rings. The van der Waals surface area contributed by atoms with Crippen molar-refractivity contribution in [3.63, 3.8) is 0 Å². The second-order valence-electron chi connectivity index (χ2n) is 4.96. The van der Waals surface area contributed by atoms with E-state index in [9.17, 15) is 10.2 Å². The Labute approximate surface area is 118 Å². The van der Waals surface area contributed by atoms with Crippen molar-refractivity contribution in [2.75, 3.05) is 6.61 Å². The summed E-state index contributed by atoms with van der Waals surface area (Å²) in [5.41, 5.74) is 1.70. The molecule has 0 aromatic carbocycles. The predicted molar refractivity (Wildman–Crippen MR) is 69.3 cm³/mol. The number of rotatable bonds is 2. The fourth-order valence-electron chi connectivity index (χ4n) is 2.64. The van der Waals surface area contributed by atoms with E-state index in [1.54, 1.807) is 23.1 Å². The Balaban J connectivity index is 1.84. The van der Waals surface area contributed by atoms with Gasteiger partial charge >= 0.3 is 0 Å². The van der Waals surface area contributed by atoms with Gasteiger partial charge in [-0.1, -0.05) is 0 Å². The molecule has 0 unspecified atom stereocenters. The number of hydrogen-bond acceptors (Lipinski definition) is 7. The van der Waals surface area contributed by atoms with E-state index in [2.05, 4.69) is 15.0 Å². The molecule has 0 bridgehead atoms. The van der Waals surface area contributed by atoms with Crippen LogP contribution in [0, 0.1) is 0 Å². The van der Waals surface area contributed by atoms with Crippen LogP contribution in [-0.2, 0) is 4.74 Å². The van der Waals surface area contributed by atoms with Crippen LogP contribution < -0.4 is 0 Å². The Bertz CT molecular complexity index is 799. The van der Waals surface area contributed by atoms with Gasteiger partial charge in [-0.2, -0.15) is 0 Å². The maximum absolute atomic E-state index is 10.1. The van der Waals surface area contributed by atoms with Gasteiger partial charge in [-0.15, -0.1) is 0 Å². The first-order valence-corrected chi connectivity index (χ1v) is 6.47. The average molecular weight is 291 g/mol. The van der Waals surface area contributed by atoms with Crippen molar-refractivity contribution >= 4 is 16.8 Å². The van der Waals surface area contributed by atoms with E-state index in [0.717, 1.165) is 0 Å². The van der Waals surface area contributed by atoms with Crippen molar-refractivity contribution in [2.24, 2.45) is 0 Å². The number of aliphatic hydroxyl groups excluding tert-OH is 3. The van der Waals surface area contributed by atoms with Gasteiger partial charge in [0.15, 0.2) is 23.0 Å². The molecule has 3 aromatic rings. The molecule has 4 atom stereocenters. The molecule has 1 fully saturated rings. The van der Waals surface area contributed by atoms with Gasteiger partial charge in [0.1, 0.15) is 24.6 Å². The second kappa shape index (κ2) is 4.46. The lowest BCUT2D eigenvalue weighted by molar-refractivity contribution is -0.0511. The number of aromatic nitrogens is 5. The highest BCUT2D eigenvalue weighted by atomic mass is 16.6. The molecule has 0 amide bonds. The van der Waals surface area contributed by atoms with Gasteiger partial charge in [0.05, 0.1) is 12.9 Å². The van der Waals surface area contributed by atoms with Crippen LogP contribution >= 0.6 is 0 Å². The van der Waals surface area contributed by atoms with Crippen LogP contribution in [0.4, 0.5) is 0 Å². The van der Waals surface area contributed by atoms with Crippen LogP contribution in [0.1, 0.15) is 6.23 Å². The van der Waals surface area contributed by atoms with E-state index in [0.29, 0.717) is 16.8 Å². The minimum Gasteiger partial charge on any atom is -0.394 e. The molecule has 1 aliphatic heterocycles. The van der Waals surface area contributed by atoms with Gasteiger partial charge in [0.25, 0.3) is 0 Å². The monoisotopic (exact) mass is 291 g/mol. The number of fused-ring (bicyclic) bond motifs is 3. The quantitative estimate of drug-likeness (QED) is 0.536. The van der Waals surface area contributed by atoms with Gasteiger partial charge in [-0.25, -0.2) is 15.0 Å². The summed E-state index contributed by atoms with van der Waals surface area (Å²) in [6, 6.07) is 0. The van der Waals surface area contributed by atoms with E-state index in [4.69, 9.17) is 9.84 Å². The van der Waals surface area contributed by atoms with Crippen LogP contribution in [0.2, 0.25) is 0 Å². The van der Waals surface area contributed by atoms with Crippen molar-refractivity contribution in [1.82, 2.24) is 23.9 Å². The van der Waals surface area contributed by atoms with E-state index >= 15 is 0 Å².